The van der Waals surface area contributed by atoms with Crippen molar-refractivity contribution in [2.45, 2.75) is 70.8 Å². The molecule has 2 aliphatic rings. The van der Waals surface area contributed by atoms with Gasteiger partial charge in [-0.1, -0.05) is 19.1 Å². The lowest BCUT2D eigenvalue weighted by Crippen LogP contribution is -2.43. The average Bonchev–Trinajstić information content (AvgIpc) is 3.13. The molecule has 2 bridgehead atoms. The van der Waals surface area contributed by atoms with E-state index < -0.39 is 0 Å². The van der Waals surface area contributed by atoms with E-state index in [2.05, 4.69) is 29.1 Å². The first-order valence-electron chi connectivity index (χ1n) is 9.16. The van der Waals surface area contributed by atoms with Crippen molar-refractivity contribution in [2.75, 3.05) is 7.11 Å². The van der Waals surface area contributed by atoms with Gasteiger partial charge in [0.2, 0.25) is 5.91 Å². The first-order chi connectivity index (χ1) is 11.2. The van der Waals surface area contributed by atoms with Crippen LogP contribution in [0.2, 0.25) is 0 Å². The zero-order valence-corrected chi connectivity index (χ0v) is 14.6. The lowest BCUT2D eigenvalue weighted by Gasteiger charge is -2.31. The Morgan fingerprint density at radius 2 is 1.96 bits per heavy atom. The Hall–Kier alpha value is -1.32. The molecule has 0 aromatic heterocycles. The topological polar surface area (TPSA) is 55.4 Å². The predicted molar refractivity (Wildman–Crippen MR) is 90.8 cm³/mol. The Kier molecular flexibility index (Phi) is 7.13. The van der Waals surface area contributed by atoms with Gasteiger partial charge in [0.15, 0.2) is 0 Å². The number of hydrogen-bond acceptors (Lipinski definition) is 3. The number of carbonyl (C=O) groups is 2. The van der Waals surface area contributed by atoms with Gasteiger partial charge in [0.25, 0.3) is 0 Å². The predicted octanol–water partition coefficient (Wildman–Crippen LogP) is 3.61. The quantitative estimate of drug-likeness (QED) is 0.401. The number of carbonyl (C=O) groups excluding carboxylic acids is 2. The molecule has 0 spiro atoms. The van der Waals surface area contributed by atoms with E-state index >= 15 is 0 Å². The van der Waals surface area contributed by atoms with Gasteiger partial charge in [0, 0.05) is 18.9 Å². The number of unbranched alkanes of at least 4 members (excludes halogenated alkanes) is 1. The zero-order chi connectivity index (χ0) is 16.7. The SMILES string of the molecule is CCCC(=O)NC1[C@@H]2CC[C@@H](C2)[C@H]1C/C=C\CCCC(=O)OC. The van der Waals surface area contributed by atoms with E-state index in [4.69, 9.17) is 0 Å². The summed E-state index contributed by atoms with van der Waals surface area (Å²) in [6.45, 7) is 2.05. The van der Waals surface area contributed by atoms with Gasteiger partial charge in [0.1, 0.15) is 0 Å². The van der Waals surface area contributed by atoms with E-state index in [1.807, 2.05) is 0 Å². The highest BCUT2D eigenvalue weighted by Crippen LogP contribution is 2.49. The van der Waals surface area contributed by atoms with E-state index in [0.29, 0.717) is 30.7 Å². The number of hydrogen-bond donors (Lipinski definition) is 1. The summed E-state index contributed by atoms with van der Waals surface area (Å²) in [6.07, 6.45) is 13.2. The summed E-state index contributed by atoms with van der Waals surface area (Å²) < 4.78 is 4.64. The van der Waals surface area contributed by atoms with Crippen molar-refractivity contribution >= 4 is 11.9 Å². The highest BCUT2D eigenvalue weighted by molar-refractivity contribution is 5.76. The maximum Gasteiger partial charge on any atom is 0.305 e. The van der Waals surface area contributed by atoms with Crippen LogP contribution in [0.1, 0.15) is 64.7 Å². The molecule has 0 aromatic rings. The fraction of sp³-hybridized carbons (Fsp3) is 0.789. The first-order valence-corrected chi connectivity index (χ1v) is 9.16. The van der Waals surface area contributed by atoms with Crippen LogP contribution < -0.4 is 5.32 Å². The molecule has 1 amide bonds. The summed E-state index contributed by atoms with van der Waals surface area (Å²) in [5.74, 6) is 2.17. The molecular weight excluding hydrogens is 290 g/mol. The van der Waals surface area contributed by atoms with Crippen LogP contribution in [-0.2, 0) is 14.3 Å². The summed E-state index contributed by atoms with van der Waals surface area (Å²) in [7, 11) is 1.43. The summed E-state index contributed by atoms with van der Waals surface area (Å²) >= 11 is 0. The Morgan fingerprint density at radius 3 is 2.70 bits per heavy atom. The van der Waals surface area contributed by atoms with Crippen LogP contribution in [0.5, 0.6) is 0 Å². The maximum absolute atomic E-state index is 12.0. The lowest BCUT2D eigenvalue weighted by molar-refractivity contribution is -0.140. The second kappa shape index (κ2) is 9.09. The first kappa shape index (κ1) is 18.0. The fourth-order valence-electron chi connectivity index (χ4n) is 4.30. The molecule has 2 aliphatic carbocycles. The Labute approximate surface area is 140 Å². The molecule has 2 fully saturated rings. The monoisotopic (exact) mass is 321 g/mol. The Morgan fingerprint density at radius 1 is 1.17 bits per heavy atom. The molecule has 0 aliphatic heterocycles. The minimum atomic E-state index is -0.134. The molecule has 0 heterocycles. The van der Waals surface area contributed by atoms with E-state index in [-0.39, 0.29) is 11.9 Å². The van der Waals surface area contributed by atoms with Crippen molar-refractivity contribution in [3.05, 3.63) is 12.2 Å². The molecule has 4 heteroatoms. The van der Waals surface area contributed by atoms with Crippen LogP contribution in [-0.4, -0.2) is 25.0 Å². The number of esters is 1. The highest BCUT2D eigenvalue weighted by Gasteiger charge is 2.47. The molecule has 1 N–H and O–H groups in total. The Balaban J connectivity index is 1.75. The van der Waals surface area contributed by atoms with Gasteiger partial charge >= 0.3 is 5.97 Å². The third-order valence-electron chi connectivity index (χ3n) is 5.45. The minimum absolute atomic E-state index is 0.134. The third kappa shape index (κ3) is 5.08. The summed E-state index contributed by atoms with van der Waals surface area (Å²) in [5, 5.41) is 3.30. The van der Waals surface area contributed by atoms with Crippen molar-refractivity contribution in [1.29, 1.82) is 0 Å². The number of nitrogens with one attached hydrogen (secondary N) is 1. The van der Waals surface area contributed by atoms with Gasteiger partial charge in [-0.05, 0) is 62.7 Å². The molecular formula is C19H31NO3. The van der Waals surface area contributed by atoms with Crippen molar-refractivity contribution in [2.24, 2.45) is 17.8 Å². The Bertz CT molecular complexity index is 432. The van der Waals surface area contributed by atoms with Gasteiger partial charge in [-0.2, -0.15) is 0 Å². The van der Waals surface area contributed by atoms with Crippen molar-refractivity contribution in [3.8, 4) is 0 Å². The van der Waals surface area contributed by atoms with E-state index in [0.717, 1.165) is 31.6 Å². The molecule has 1 unspecified atom stereocenters. The van der Waals surface area contributed by atoms with Crippen LogP contribution in [0.3, 0.4) is 0 Å². The lowest BCUT2D eigenvalue weighted by atomic mass is 9.82. The van der Waals surface area contributed by atoms with Gasteiger partial charge in [-0.25, -0.2) is 0 Å². The van der Waals surface area contributed by atoms with Crippen molar-refractivity contribution in [3.63, 3.8) is 0 Å². The van der Waals surface area contributed by atoms with Crippen molar-refractivity contribution in [1.82, 2.24) is 5.32 Å². The van der Waals surface area contributed by atoms with Gasteiger partial charge in [-0.3, -0.25) is 9.59 Å². The second-order valence-electron chi connectivity index (χ2n) is 7.02. The number of rotatable bonds is 9. The van der Waals surface area contributed by atoms with Crippen LogP contribution in [0.4, 0.5) is 0 Å². The molecule has 23 heavy (non-hydrogen) atoms. The average molecular weight is 321 g/mol. The fourth-order valence-corrected chi connectivity index (χ4v) is 4.30. The number of allylic oxidation sites excluding steroid dienone is 2. The third-order valence-corrected chi connectivity index (χ3v) is 5.45. The summed E-state index contributed by atoms with van der Waals surface area (Å²) in [6, 6.07) is 0.382. The number of amides is 1. The van der Waals surface area contributed by atoms with E-state index in [1.165, 1.54) is 26.4 Å². The van der Waals surface area contributed by atoms with Gasteiger partial charge < -0.3 is 10.1 Å². The number of methoxy groups -OCH3 is 1. The largest absolute Gasteiger partial charge is 0.469 e. The molecule has 4 nitrogen and oxygen atoms in total. The summed E-state index contributed by atoms with van der Waals surface area (Å²) in [5.41, 5.74) is 0. The molecule has 0 radical (unpaired) electrons. The van der Waals surface area contributed by atoms with Crippen molar-refractivity contribution < 1.29 is 14.3 Å². The smallest absolute Gasteiger partial charge is 0.305 e. The van der Waals surface area contributed by atoms with Gasteiger partial charge in [-0.15, -0.1) is 0 Å². The number of fused-ring (bicyclic) bond motifs is 2. The van der Waals surface area contributed by atoms with Crippen LogP contribution in [0.15, 0.2) is 12.2 Å². The standard InChI is InChI=1S/C19H31NO3/c1-3-8-17(21)20-19-15-12-11-14(13-15)16(19)9-6-4-5-7-10-18(22)23-2/h4,6,14-16,19H,3,5,7-13H2,1-2H3,(H,20,21)/b6-4-/t14-,15+,16+,19?/m0/s1. The molecule has 4 atom stereocenters. The molecule has 0 saturated heterocycles. The molecule has 0 aromatic carbocycles. The second-order valence-corrected chi connectivity index (χ2v) is 7.02. The van der Waals surface area contributed by atoms with Crippen LogP contribution in [0, 0.1) is 17.8 Å². The van der Waals surface area contributed by atoms with Crippen LogP contribution >= 0.6 is 0 Å². The highest BCUT2D eigenvalue weighted by atomic mass is 16.5. The minimum Gasteiger partial charge on any atom is -0.469 e. The van der Waals surface area contributed by atoms with E-state index in [9.17, 15) is 9.59 Å². The molecule has 130 valence electrons. The number of ether oxygens (including phenoxy) is 1. The molecule has 2 rings (SSSR count). The van der Waals surface area contributed by atoms with Crippen LogP contribution in [0.25, 0.3) is 0 Å². The van der Waals surface area contributed by atoms with E-state index in [1.54, 1.807) is 0 Å². The summed E-state index contributed by atoms with van der Waals surface area (Å²) in [4.78, 5) is 23.0. The van der Waals surface area contributed by atoms with Gasteiger partial charge in [0.05, 0.1) is 7.11 Å². The normalized spacial score (nSPS) is 29.1. The maximum atomic E-state index is 12.0. The molecule has 2 saturated carbocycles. The zero-order valence-electron chi connectivity index (χ0n) is 14.6.